The van der Waals surface area contributed by atoms with Crippen molar-refractivity contribution >= 4 is 48.5 Å². The molecule has 3 aromatic rings. The van der Waals surface area contributed by atoms with Crippen molar-refractivity contribution in [3.05, 3.63) is 52.0 Å². The van der Waals surface area contributed by atoms with Gasteiger partial charge in [0.05, 0.1) is 11.8 Å². The summed E-state index contributed by atoms with van der Waals surface area (Å²) in [6, 6.07) is 11.5. The van der Waals surface area contributed by atoms with Gasteiger partial charge in [-0.15, -0.1) is 0 Å². The first kappa shape index (κ1) is 21.1. The molecule has 0 unspecified atom stereocenters. The van der Waals surface area contributed by atoms with Crippen molar-refractivity contribution in [3.63, 3.8) is 0 Å². The van der Waals surface area contributed by atoms with Gasteiger partial charge < -0.3 is 15.0 Å². The van der Waals surface area contributed by atoms with Gasteiger partial charge in [0.2, 0.25) is 0 Å². The molecule has 1 N–H and O–H groups in total. The molecule has 1 amide bonds. The van der Waals surface area contributed by atoms with E-state index in [1.165, 1.54) is 10.3 Å². The molecule has 4 rings (SSSR count). The molecule has 1 aliphatic heterocycles. The molecule has 6 nitrogen and oxygen atoms in total. The van der Waals surface area contributed by atoms with E-state index in [-0.39, 0.29) is 5.91 Å². The fourth-order valence-corrected chi connectivity index (χ4v) is 5.12. The number of rotatable bonds is 6. The molecule has 0 aliphatic carbocycles. The number of amides is 1. The number of piperazine rings is 1. The van der Waals surface area contributed by atoms with Crippen LogP contribution in [-0.4, -0.2) is 62.2 Å². The minimum Gasteiger partial charge on any atom is -0.494 e. The molecule has 1 saturated heterocycles. The van der Waals surface area contributed by atoms with Crippen LogP contribution < -0.4 is 15.0 Å². The number of halogens is 1. The van der Waals surface area contributed by atoms with E-state index in [0.29, 0.717) is 12.1 Å². The quantitative estimate of drug-likeness (QED) is 0.569. The summed E-state index contributed by atoms with van der Waals surface area (Å²) in [5.74, 6) is 0.798. The van der Waals surface area contributed by atoms with E-state index in [0.717, 1.165) is 53.6 Å². The van der Waals surface area contributed by atoms with Crippen LogP contribution in [0.25, 0.3) is 10.2 Å². The summed E-state index contributed by atoms with van der Waals surface area (Å²) in [5, 5.41) is 4.07. The van der Waals surface area contributed by atoms with Gasteiger partial charge in [-0.3, -0.25) is 9.69 Å². The van der Waals surface area contributed by atoms with Crippen LogP contribution in [-0.2, 0) is 0 Å². The van der Waals surface area contributed by atoms with Crippen LogP contribution in [0.15, 0.2) is 40.9 Å². The molecule has 1 aliphatic rings. The number of nitrogens with zero attached hydrogens (tertiary/aromatic N) is 3. The highest BCUT2D eigenvalue weighted by atomic mass is 79.9. The number of aryl methyl sites for hydroxylation is 1. The van der Waals surface area contributed by atoms with Gasteiger partial charge in [0.1, 0.15) is 11.3 Å². The van der Waals surface area contributed by atoms with Gasteiger partial charge in [0, 0.05) is 49.3 Å². The van der Waals surface area contributed by atoms with Gasteiger partial charge >= 0.3 is 0 Å². The number of anilines is 1. The van der Waals surface area contributed by atoms with E-state index in [1.807, 2.05) is 30.3 Å². The van der Waals surface area contributed by atoms with Crippen molar-refractivity contribution in [2.75, 3.05) is 51.3 Å². The van der Waals surface area contributed by atoms with Crippen LogP contribution in [0.2, 0.25) is 0 Å². The highest BCUT2D eigenvalue weighted by Gasteiger charge is 2.21. The monoisotopic (exact) mass is 488 g/mol. The zero-order valence-corrected chi connectivity index (χ0v) is 19.6. The van der Waals surface area contributed by atoms with Crippen LogP contribution in [0.4, 0.5) is 5.13 Å². The summed E-state index contributed by atoms with van der Waals surface area (Å²) in [7, 11) is 1.69. The van der Waals surface area contributed by atoms with Crippen molar-refractivity contribution in [2.45, 2.75) is 6.92 Å². The fourth-order valence-electron chi connectivity index (χ4n) is 3.62. The number of benzene rings is 2. The summed E-state index contributed by atoms with van der Waals surface area (Å²) < 4.78 is 7.59. The number of methoxy groups -OCH3 is 1. The van der Waals surface area contributed by atoms with Gasteiger partial charge in [0.15, 0.2) is 5.13 Å². The Balaban J connectivity index is 1.29. The van der Waals surface area contributed by atoms with E-state index < -0.39 is 0 Å². The summed E-state index contributed by atoms with van der Waals surface area (Å²) in [6.07, 6.45) is 0. The number of thiazole rings is 1. The Labute approximate surface area is 189 Å². The smallest absolute Gasteiger partial charge is 0.251 e. The third kappa shape index (κ3) is 4.61. The summed E-state index contributed by atoms with van der Waals surface area (Å²) in [6.45, 7) is 7.38. The molecule has 0 radical (unpaired) electrons. The Morgan fingerprint density at radius 1 is 1.23 bits per heavy atom. The van der Waals surface area contributed by atoms with Crippen LogP contribution >= 0.6 is 27.3 Å². The maximum absolute atomic E-state index is 12.3. The molecule has 0 bridgehead atoms. The molecule has 0 saturated carbocycles. The zero-order valence-electron chi connectivity index (χ0n) is 17.2. The van der Waals surface area contributed by atoms with E-state index in [4.69, 9.17) is 9.72 Å². The van der Waals surface area contributed by atoms with Crippen LogP contribution in [0.5, 0.6) is 5.75 Å². The average molecular weight is 489 g/mol. The standard InChI is InChI=1S/C22H25BrN4O2S/c1-15-6-7-18(29-2)19-20(15)30-22(25-19)27-12-10-26(11-13-27)9-8-24-21(28)16-4-3-5-17(23)14-16/h3-7,14H,8-13H2,1-2H3,(H,24,28). The highest BCUT2D eigenvalue weighted by Crippen LogP contribution is 2.36. The third-order valence-electron chi connectivity index (χ3n) is 5.36. The van der Waals surface area contributed by atoms with Crippen molar-refractivity contribution in [1.29, 1.82) is 0 Å². The summed E-state index contributed by atoms with van der Waals surface area (Å²) in [5.41, 5.74) is 2.86. The molecule has 158 valence electrons. The van der Waals surface area contributed by atoms with E-state index in [2.05, 4.69) is 44.0 Å². The van der Waals surface area contributed by atoms with E-state index in [9.17, 15) is 4.79 Å². The van der Waals surface area contributed by atoms with Crippen molar-refractivity contribution in [2.24, 2.45) is 0 Å². The van der Waals surface area contributed by atoms with Crippen molar-refractivity contribution in [3.8, 4) is 5.75 Å². The lowest BCUT2D eigenvalue weighted by atomic mass is 10.2. The molecule has 0 atom stereocenters. The van der Waals surface area contributed by atoms with Crippen molar-refractivity contribution < 1.29 is 9.53 Å². The second kappa shape index (κ2) is 9.32. The van der Waals surface area contributed by atoms with Gasteiger partial charge in [-0.2, -0.15) is 0 Å². The number of hydrogen-bond donors (Lipinski definition) is 1. The minimum absolute atomic E-state index is 0.0336. The number of ether oxygens (including phenoxy) is 1. The second-order valence-electron chi connectivity index (χ2n) is 7.35. The van der Waals surface area contributed by atoms with Crippen LogP contribution in [0.3, 0.4) is 0 Å². The predicted molar refractivity (Wildman–Crippen MR) is 126 cm³/mol. The molecule has 30 heavy (non-hydrogen) atoms. The first-order valence-electron chi connectivity index (χ1n) is 10.0. The number of fused-ring (bicyclic) bond motifs is 1. The lowest BCUT2D eigenvalue weighted by Gasteiger charge is -2.34. The molecular weight excluding hydrogens is 464 g/mol. The zero-order chi connectivity index (χ0) is 21.1. The molecule has 0 spiro atoms. The lowest BCUT2D eigenvalue weighted by molar-refractivity contribution is 0.0947. The molecule has 1 aromatic heterocycles. The average Bonchev–Trinajstić information content (AvgIpc) is 3.21. The molecular formula is C22H25BrN4O2S. The number of nitrogens with one attached hydrogen (secondary N) is 1. The normalized spacial score (nSPS) is 14.8. The topological polar surface area (TPSA) is 57.7 Å². The van der Waals surface area contributed by atoms with E-state index in [1.54, 1.807) is 18.4 Å². The minimum atomic E-state index is -0.0336. The molecule has 1 fully saturated rings. The first-order chi connectivity index (χ1) is 14.5. The van der Waals surface area contributed by atoms with Crippen LogP contribution in [0, 0.1) is 6.92 Å². The van der Waals surface area contributed by atoms with Gasteiger partial charge in [0.25, 0.3) is 5.91 Å². The van der Waals surface area contributed by atoms with E-state index >= 15 is 0 Å². The van der Waals surface area contributed by atoms with Crippen LogP contribution in [0.1, 0.15) is 15.9 Å². The van der Waals surface area contributed by atoms with Gasteiger partial charge in [-0.05, 0) is 36.8 Å². The first-order valence-corrected chi connectivity index (χ1v) is 11.6. The Hall–Kier alpha value is -2.16. The lowest BCUT2D eigenvalue weighted by Crippen LogP contribution is -2.48. The number of hydrogen-bond acceptors (Lipinski definition) is 6. The number of carbonyl (C=O) groups is 1. The Morgan fingerprint density at radius 3 is 2.77 bits per heavy atom. The summed E-state index contributed by atoms with van der Waals surface area (Å²) in [4.78, 5) is 21.9. The molecule has 2 heterocycles. The number of aromatic nitrogens is 1. The maximum Gasteiger partial charge on any atom is 0.251 e. The number of carbonyl (C=O) groups excluding carboxylic acids is 1. The maximum atomic E-state index is 12.3. The predicted octanol–water partition coefficient (Wildman–Crippen LogP) is 3.93. The third-order valence-corrected chi connectivity index (χ3v) is 7.10. The SMILES string of the molecule is COc1ccc(C)c2sc(N3CCN(CCNC(=O)c4cccc(Br)c4)CC3)nc12. The van der Waals surface area contributed by atoms with Gasteiger partial charge in [-0.25, -0.2) is 4.98 Å². The van der Waals surface area contributed by atoms with Crippen molar-refractivity contribution in [1.82, 2.24) is 15.2 Å². The summed E-state index contributed by atoms with van der Waals surface area (Å²) >= 11 is 5.14. The largest absolute Gasteiger partial charge is 0.494 e. The van der Waals surface area contributed by atoms with Gasteiger partial charge in [-0.1, -0.05) is 39.4 Å². The molecule has 2 aromatic carbocycles. The Bertz CT molecular complexity index is 1050. The Morgan fingerprint density at radius 2 is 2.03 bits per heavy atom. The fraction of sp³-hybridized carbons (Fsp3) is 0.364. The highest BCUT2D eigenvalue weighted by molar-refractivity contribution is 9.10. The second-order valence-corrected chi connectivity index (χ2v) is 9.25. The molecule has 8 heteroatoms. The Kier molecular flexibility index (Phi) is 6.55.